The van der Waals surface area contributed by atoms with Crippen LogP contribution in [-0.2, 0) is 6.42 Å². The molecule has 4 rings (SSSR count). The highest BCUT2D eigenvalue weighted by Gasteiger charge is 2.19. The SMILES string of the molecule is CCc1nc2ccc(Br)cn2c1C(=O)Nc1ccc(N2CCC(C)CC2)cc1. The second kappa shape index (κ2) is 7.95. The maximum atomic E-state index is 13.0. The van der Waals surface area contributed by atoms with Gasteiger partial charge in [-0.3, -0.25) is 9.20 Å². The molecule has 1 aromatic carbocycles. The third kappa shape index (κ3) is 3.78. The van der Waals surface area contributed by atoms with Gasteiger partial charge in [0, 0.05) is 35.1 Å². The van der Waals surface area contributed by atoms with Gasteiger partial charge in [-0.15, -0.1) is 0 Å². The molecule has 1 N–H and O–H groups in total. The number of fused-ring (bicyclic) bond motifs is 1. The highest BCUT2D eigenvalue weighted by atomic mass is 79.9. The van der Waals surface area contributed by atoms with E-state index in [0.717, 1.165) is 40.5 Å². The maximum Gasteiger partial charge on any atom is 0.274 e. The molecule has 0 spiro atoms. The van der Waals surface area contributed by atoms with Crippen molar-refractivity contribution in [3.8, 4) is 0 Å². The number of carbonyl (C=O) groups excluding carboxylic acids is 1. The fourth-order valence-corrected chi connectivity index (χ4v) is 4.10. The number of nitrogens with one attached hydrogen (secondary N) is 1. The van der Waals surface area contributed by atoms with Crippen molar-refractivity contribution in [2.75, 3.05) is 23.3 Å². The lowest BCUT2D eigenvalue weighted by atomic mass is 9.99. The molecule has 0 saturated carbocycles. The fraction of sp³-hybridized carbons (Fsp3) is 0.364. The number of benzene rings is 1. The minimum atomic E-state index is -0.137. The Labute approximate surface area is 173 Å². The second-order valence-electron chi connectivity index (χ2n) is 7.51. The molecular weight excluding hydrogens is 416 g/mol. The minimum absolute atomic E-state index is 0.137. The summed E-state index contributed by atoms with van der Waals surface area (Å²) >= 11 is 3.48. The zero-order chi connectivity index (χ0) is 19.7. The summed E-state index contributed by atoms with van der Waals surface area (Å²) in [5.41, 5.74) is 4.19. The van der Waals surface area contributed by atoms with Crippen molar-refractivity contribution in [1.29, 1.82) is 0 Å². The van der Waals surface area contributed by atoms with E-state index in [1.165, 1.54) is 18.5 Å². The summed E-state index contributed by atoms with van der Waals surface area (Å²) in [7, 11) is 0. The van der Waals surface area contributed by atoms with Crippen LogP contribution >= 0.6 is 15.9 Å². The van der Waals surface area contributed by atoms with E-state index in [-0.39, 0.29) is 5.91 Å². The third-order valence-electron chi connectivity index (χ3n) is 5.48. The number of halogens is 1. The summed E-state index contributed by atoms with van der Waals surface area (Å²) in [6.07, 6.45) is 5.06. The number of amides is 1. The van der Waals surface area contributed by atoms with E-state index in [4.69, 9.17) is 0 Å². The van der Waals surface area contributed by atoms with Gasteiger partial charge in [-0.1, -0.05) is 13.8 Å². The van der Waals surface area contributed by atoms with Crippen LogP contribution < -0.4 is 10.2 Å². The van der Waals surface area contributed by atoms with Crippen molar-refractivity contribution in [1.82, 2.24) is 9.38 Å². The summed E-state index contributed by atoms with van der Waals surface area (Å²) in [6.45, 7) is 6.54. The maximum absolute atomic E-state index is 13.0. The Kier molecular flexibility index (Phi) is 5.40. The quantitative estimate of drug-likeness (QED) is 0.610. The first kappa shape index (κ1) is 19.0. The zero-order valence-corrected chi connectivity index (χ0v) is 17.9. The molecule has 28 heavy (non-hydrogen) atoms. The molecule has 0 aliphatic carbocycles. The minimum Gasteiger partial charge on any atom is -0.372 e. The van der Waals surface area contributed by atoms with E-state index in [1.54, 1.807) is 0 Å². The van der Waals surface area contributed by atoms with Crippen LogP contribution in [0, 0.1) is 5.92 Å². The molecule has 1 fully saturated rings. The lowest BCUT2D eigenvalue weighted by molar-refractivity contribution is 0.102. The molecule has 0 bridgehead atoms. The molecule has 1 aliphatic heterocycles. The first-order chi connectivity index (χ1) is 13.5. The summed E-state index contributed by atoms with van der Waals surface area (Å²) in [4.78, 5) is 20.0. The molecule has 5 nitrogen and oxygen atoms in total. The molecule has 3 heterocycles. The number of aromatic nitrogens is 2. The van der Waals surface area contributed by atoms with E-state index in [2.05, 4.69) is 50.2 Å². The Bertz CT molecular complexity index is 988. The molecule has 0 radical (unpaired) electrons. The van der Waals surface area contributed by atoms with Gasteiger partial charge in [-0.2, -0.15) is 0 Å². The van der Waals surface area contributed by atoms with Crippen LogP contribution in [0.1, 0.15) is 42.9 Å². The topological polar surface area (TPSA) is 49.6 Å². The van der Waals surface area contributed by atoms with E-state index in [0.29, 0.717) is 12.1 Å². The van der Waals surface area contributed by atoms with Crippen LogP contribution in [0.15, 0.2) is 47.1 Å². The summed E-state index contributed by atoms with van der Waals surface area (Å²) < 4.78 is 2.76. The van der Waals surface area contributed by atoms with Gasteiger partial charge >= 0.3 is 0 Å². The monoisotopic (exact) mass is 440 g/mol. The molecule has 146 valence electrons. The molecule has 1 amide bonds. The Morgan fingerprint density at radius 3 is 2.57 bits per heavy atom. The first-order valence-corrected chi connectivity index (χ1v) is 10.7. The van der Waals surface area contributed by atoms with Gasteiger partial charge in [0.1, 0.15) is 11.3 Å². The summed E-state index contributed by atoms with van der Waals surface area (Å²) in [5.74, 6) is 0.676. The number of nitrogens with zero attached hydrogens (tertiary/aromatic N) is 3. The van der Waals surface area contributed by atoms with E-state index < -0.39 is 0 Å². The smallest absolute Gasteiger partial charge is 0.274 e. The Hall–Kier alpha value is -2.34. The van der Waals surface area contributed by atoms with Crippen molar-refractivity contribution in [2.24, 2.45) is 5.92 Å². The zero-order valence-electron chi connectivity index (χ0n) is 16.3. The third-order valence-corrected chi connectivity index (χ3v) is 5.95. The fourth-order valence-electron chi connectivity index (χ4n) is 3.77. The number of aryl methyl sites for hydroxylation is 1. The average Bonchev–Trinajstić information content (AvgIpc) is 3.07. The van der Waals surface area contributed by atoms with Gasteiger partial charge in [0.05, 0.1) is 5.69 Å². The number of hydrogen-bond acceptors (Lipinski definition) is 3. The van der Waals surface area contributed by atoms with Crippen LogP contribution in [0.5, 0.6) is 0 Å². The average molecular weight is 441 g/mol. The molecular formula is C22H25BrN4O. The highest BCUT2D eigenvalue weighted by molar-refractivity contribution is 9.10. The predicted octanol–water partition coefficient (Wildman–Crippen LogP) is 5.15. The van der Waals surface area contributed by atoms with Crippen LogP contribution in [0.2, 0.25) is 0 Å². The van der Waals surface area contributed by atoms with Crippen molar-refractivity contribution < 1.29 is 4.79 Å². The number of anilines is 2. The summed E-state index contributed by atoms with van der Waals surface area (Å²) in [5, 5.41) is 3.03. The Balaban J connectivity index is 1.54. The normalized spacial score (nSPS) is 15.2. The number of rotatable bonds is 4. The van der Waals surface area contributed by atoms with E-state index >= 15 is 0 Å². The Morgan fingerprint density at radius 2 is 1.89 bits per heavy atom. The van der Waals surface area contributed by atoms with Crippen molar-refractivity contribution >= 4 is 38.9 Å². The number of carbonyl (C=O) groups is 1. The van der Waals surface area contributed by atoms with Crippen molar-refractivity contribution in [2.45, 2.75) is 33.1 Å². The molecule has 0 atom stereocenters. The van der Waals surface area contributed by atoms with E-state index in [9.17, 15) is 4.79 Å². The number of hydrogen-bond donors (Lipinski definition) is 1. The molecule has 0 unspecified atom stereocenters. The van der Waals surface area contributed by atoms with Gasteiger partial charge in [0.15, 0.2) is 0 Å². The standard InChI is InChI=1S/C22H25BrN4O/c1-3-19-21(27-14-16(23)4-9-20(27)25-19)22(28)24-17-5-7-18(8-6-17)26-12-10-15(2)11-13-26/h4-9,14-15H,3,10-13H2,1-2H3,(H,24,28). The number of piperidine rings is 1. The van der Waals surface area contributed by atoms with Gasteiger partial charge in [0.25, 0.3) is 5.91 Å². The van der Waals surface area contributed by atoms with Crippen molar-refractivity contribution in [3.05, 3.63) is 58.5 Å². The van der Waals surface area contributed by atoms with Gasteiger partial charge in [0.2, 0.25) is 0 Å². The van der Waals surface area contributed by atoms with E-state index in [1.807, 2.05) is 41.8 Å². The number of pyridine rings is 1. The highest BCUT2D eigenvalue weighted by Crippen LogP contribution is 2.25. The molecule has 3 aromatic rings. The van der Waals surface area contributed by atoms with Gasteiger partial charge < -0.3 is 10.2 Å². The molecule has 1 saturated heterocycles. The molecule has 2 aromatic heterocycles. The predicted molar refractivity (Wildman–Crippen MR) is 117 cm³/mol. The first-order valence-electron chi connectivity index (χ1n) is 9.88. The summed E-state index contributed by atoms with van der Waals surface area (Å²) in [6, 6.07) is 12.0. The number of imidazole rings is 1. The lowest BCUT2D eigenvalue weighted by Gasteiger charge is -2.32. The van der Waals surface area contributed by atoms with Crippen LogP contribution in [0.3, 0.4) is 0 Å². The van der Waals surface area contributed by atoms with Crippen LogP contribution in [0.25, 0.3) is 5.65 Å². The van der Waals surface area contributed by atoms with Crippen LogP contribution in [0.4, 0.5) is 11.4 Å². The molecule has 6 heteroatoms. The largest absolute Gasteiger partial charge is 0.372 e. The van der Waals surface area contributed by atoms with Gasteiger partial charge in [-0.25, -0.2) is 4.98 Å². The molecule has 1 aliphatic rings. The van der Waals surface area contributed by atoms with Gasteiger partial charge in [-0.05, 0) is 77.5 Å². The van der Waals surface area contributed by atoms with Crippen molar-refractivity contribution in [3.63, 3.8) is 0 Å². The lowest BCUT2D eigenvalue weighted by Crippen LogP contribution is -2.32. The Morgan fingerprint density at radius 1 is 1.18 bits per heavy atom. The second-order valence-corrected chi connectivity index (χ2v) is 8.42. The van der Waals surface area contributed by atoms with Crippen LogP contribution in [-0.4, -0.2) is 28.4 Å².